The van der Waals surface area contributed by atoms with Crippen LogP contribution in [0, 0.1) is 0 Å². The molecule has 1 amide bonds. The molecule has 0 saturated heterocycles. The molecule has 146 valence electrons. The molecule has 1 aliphatic heterocycles. The maximum Gasteiger partial charge on any atom is 0.353 e. The van der Waals surface area contributed by atoms with Crippen molar-refractivity contribution in [1.29, 1.82) is 0 Å². The molecule has 3 heterocycles. The number of aromatic nitrogens is 4. The lowest BCUT2D eigenvalue weighted by Gasteiger charge is -2.10. The third-order valence-corrected chi connectivity index (χ3v) is 4.86. The lowest BCUT2D eigenvalue weighted by atomic mass is 10.1. The molecule has 0 bridgehead atoms. The van der Waals surface area contributed by atoms with Crippen LogP contribution in [0.2, 0.25) is 0 Å². The molecule has 0 atom stereocenters. The normalized spacial score (nSPS) is 15.0. The highest BCUT2D eigenvalue weighted by Crippen LogP contribution is 2.31. The number of anilines is 1. The Labute approximate surface area is 168 Å². The van der Waals surface area contributed by atoms with Crippen molar-refractivity contribution < 1.29 is 19.1 Å². The van der Waals surface area contributed by atoms with Crippen LogP contribution in [-0.2, 0) is 4.79 Å². The van der Waals surface area contributed by atoms with Crippen molar-refractivity contribution in [1.82, 2.24) is 20.6 Å². The van der Waals surface area contributed by atoms with Crippen LogP contribution in [0.5, 0.6) is 11.5 Å². The molecule has 11 heteroatoms. The summed E-state index contributed by atoms with van der Waals surface area (Å²) in [5, 5.41) is 20.3. The molecule has 0 aliphatic carbocycles. The fourth-order valence-corrected chi connectivity index (χ4v) is 3.23. The van der Waals surface area contributed by atoms with Gasteiger partial charge in [-0.3, -0.25) is 4.79 Å². The Morgan fingerprint density at radius 2 is 2.14 bits per heavy atom. The molecule has 0 unspecified atom stereocenters. The lowest BCUT2D eigenvalue weighted by molar-refractivity contribution is -0.114. The molecule has 0 spiro atoms. The van der Waals surface area contributed by atoms with Gasteiger partial charge in [-0.05, 0) is 47.4 Å². The summed E-state index contributed by atoms with van der Waals surface area (Å²) in [6.45, 7) is 1.71. The van der Waals surface area contributed by atoms with E-state index in [-0.39, 0.29) is 17.6 Å². The van der Waals surface area contributed by atoms with E-state index < -0.39 is 5.97 Å². The van der Waals surface area contributed by atoms with Gasteiger partial charge in [0.2, 0.25) is 0 Å². The number of aromatic amines is 1. The monoisotopic (exact) mass is 410 g/mol. The second-order valence-electron chi connectivity index (χ2n) is 5.85. The van der Waals surface area contributed by atoms with Crippen molar-refractivity contribution in [2.24, 2.45) is 5.10 Å². The zero-order valence-corrected chi connectivity index (χ0v) is 16.1. The first kappa shape index (κ1) is 18.5. The Morgan fingerprint density at radius 1 is 1.28 bits per heavy atom. The minimum atomic E-state index is -0.464. The van der Waals surface area contributed by atoms with Gasteiger partial charge in [-0.1, -0.05) is 17.2 Å². The van der Waals surface area contributed by atoms with Gasteiger partial charge in [-0.2, -0.15) is 15.3 Å². The summed E-state index contributed by atoms with van der Waals surface area (Å²) in [6, 6.07) is 8.45. The number of esters is 1. The zero-order chi connectivity index (χ0) is 20.4. The molecule has 4 rings (SSSR count). The summed E-state index contributed by atoms with van der Waals surface area (Å²) in [7, 11) is 1.47. The Morgan fingerprint density at radius 3 is 2.83 bits per heavy atom. The third kappa shape index (κ3) is 3.62. The van der Waals surface area contributed by atoms with Gasteiger partial charge in [0, 0.05) is 0 Å². The van der Waals surface area contributed by atoms with E-state index >= 15 is 0 Å². The number of nitrogens with zero attached hydrogens (tertiary/aromatic N) is 5. The van der Waals surface area contributed by atoms with E-state index in [1.165, 1.54) is 18.4 Å². The number of carbonyl (C=O) groups is 2. The number of tetrazole rings is 1. The van der Waals surface area contributed by atoms with Gasteiger partial charge in [0.15, 0.2) is 11.5 Å². The van der Waals surface area contributed by atoms with Crippen LogP contribution in [0.3, 0.4) is 0 Å². The van der Waals surface area contributed by atoms with Crippen molar-refractivity contribution in [3.8, 4) is 11.5 Å². The Hall–Kier alpha value is -3.86. The predicted molar refractivity (Wildman–Crippen MR) is 105 cm³/mol. The zero-order valence-electron chi connectivity index (χ0n) is 15.3. The Kier molecular flexibility index (Phi) is 4.87. The number of nitrogens with one attached hydrogen (secondary N) is 1. The maximum atomic E-state index is 12.6. The van der Waals surface area contributed by atoms with Crippen molar-refractivity contribution in [2.75, 3.05) is 12.1 Å². The fraction of sp³-hybridized carbons (Fsp3) is 0.111. The second kappa shape index (κ2) is 7.64. The van der Waals surface area contributed by atoms with E-state index in [0.29, 0.717) is 27.5 Å². The largest absolute Gasteiger partial charge is 0.493 e. The minimum absolute atomic E-state index is 0.0613. The highest BCUT2D eigenvalue weighted by molar-refractivity contribution is 7.12. The summed E-state index contributed by atoms with van der Waals surface area (Å²) in [5.74, 6) is -0.139. The quantitative estimate of drug-likeness (QED) is 0.389. The van der Waals surface area contributed by atoms with Crippen LogP contribution in [0.4, 0.5) is 5.95 Å². The van der Waals surface area contributed by atoms with E-state index in [1.807, 2.05) is 0 Å². The van der Waals surface area contributed by atoms with Gasteiger partial charge in [0.05, 0.1) is 18.4 Å². The highest BCUT2D eigenvalue weighted by Gasteiger charge is 2.31. The van der Waals surface area contributed by atoms with Gasteiger partial charge >= 0.3 is 5.97 Å². The summed E-state index contributed by atoms with van der Waals surface area (Å²) in [5.41, 5.74) is 1.55. The lowest BCUT2D eigenvalue weighted by Crippen LogP contribution is -2.22. The molecule has 0 radical (unpaired) electrons. The molecule has 10 nitrogen and oxygen atoms in total. The van der Waals surface area contributed by atoms with Crippen molar-refractivity contribution in [3.63, 3.8) is 0 Å². The number of hydrogen-bond acceptors (Lipinski definition) is 9. The molecule has 0 saturated carbocycles. The third-order valence-electron chi connectivity index (χ3n) is 4.01. The van der Waals surface area contributed by atoms with Crippen LogP contribution < -0.4 is 14.5 Å². The average Bonchev–Trinajstić information content (AvgIpc) is 3.47. The Bertz CT molecular complexity index is 1120. The molecule has 0 fully saturated rings. The molecule has 1 aromatic carbocycles. The number of ether oxygens (including phenoxy) is 2. The minimum Gasteiger partial charge on any atom is -0.493 e. The number of H-pyrrole nitrogens is 1. The van der Waals surface area contributed by atoms with Crippen molar-refractivity contribution in [2.45, 2.75) is 6.92 Å². The van der Waals surface area contributed by atoms with E-state index in [2.05, 4.69) is 25.7 Å². The molecule has 1 aliphatic rings. The number of methoxy groups -OCH3 is 1. The smallest absolute Gasteiger partial charge is 0.353 e. The molecule has 3 aromatic rings. The Balaban J connectivity index is 1.59. The SMILES string of the molecule is COc1cc(/C=C2\C(=O)N(c3nn[nH]n3)N=C2C)ccc1OC(=O)c1cccs1. The van der Waals surface area contributed by atoms with E-state index in [9.17, 15) is 9.59 Å². The molecule has 2 aromatic heterocycles. The number of benzene rings is 1. The van der Waals surface area contributed by atoms with E-state index in [1.54, 1.807) is 48.7 Å². The van der Waals surface area contributed by atoms with Gasteiger partial charge in [0.25, 0.3) is 11.9 Å². The summed E-state index contributed by atoms with van der Waals surface area (Å²) < 4.78 is 10.8. The second-order valence-corrected chi connectivity index (χ2v) is 6.80. The standard InChI is InChI=1S/C18H14N6O4S/c1-10-12(16(25)24(21-10)18-19-22-23-20-18)8-11-5-6-13(14(9-11)27-2)28-17(26)15-4-3-7-29-15/h3-9H,1-2H3,(H,19,20,22,23)/b12-8-. The first-order valence-corrected chi connectivity index (χ1v) is 9.23. The number of rotatable bonds is 5. The van der Waals surface area contributed by atoms with E-state index in [4.69, 9.17) is 9.47 Å². The van der Waals surface area contributed by atoms with Crippen LogP contribution in [0.15, 0.2) is 46.4 Å². The number of hydrogen-bond donors (Lipinski definition) is 1. The van der Waals surface area contributed by atoms with Gasteiger partial charge in [-0.15, -0.1) is 16.4 Å². The fourth-order valence-electron chi connectivity index (χ4n) is 2.64. The van der Waals surface area contributed by atoms with Crippen LogP contribution in [0.1, 0.15) is 22.2 Å². The number of carbonyl (C=O) groups excluding carboxylic acids is 2. The van der Waals surface area contributed by atoms with Crippen molar-refractivity contribution in [3.05, 3.63) is 51.7 Å². The summed E-state index contributed by atoms with van der Waals surface area (Å²) >= 11 is 1.29. The predicted octanol–water partition coefficient (Wildman–Crippen LogP) is 2.30. The molecule has 1 N–H and O–H groups in total. The summed E-state index contributed by atoms with van der Waals surface area (Å²) in [4.78, 5) is 25.3. The van der Waals surface area contributed by atoms with Gasteiger partial charge in [0.1, 0.15) is 4.88 Å². The van der Waals surface area contributed by atoms with Crippen LogP contribution in [0.25, 0.3) is 6.08 Å². The summed E-state index contributed by atoms with van der Waals surface area (Å²) in [6.07, 6.45) is 1.66. The van der Waals surface area contributed by atoms with Gasteiger partial charge in [-0.25, -0.2) is 4.79 Å². The average molecular weight is 410 g/mol. The topological polar surface area (TPSA) is 123 Å². The maximum absolute atomic E-state index is 12.6. The first-order chi connectivity index (χ1) is 14.1. The molecular weight excluding hydrogens is 396 g/mol. The highest BCUT2D eigenvalue weighted by atomic mass is 32.1. The molecule has 29 heavy (non-hydrogen) atoms. The number of hydrazone groups is 1. The van der Waals surface area contributed by atoms with E-state index in [0.717, 1.165) is 5.01 Å². The van der Waals surface area contributed by atoms with Crippen LogP contribution in [-0.4, -0.2) is 45.3 Å². The number of thiophene rings is 1. The number of amides is 1. The first-order valence-electron chi connectivity index (χ1n) is 8.35. The van der Waals surface area contributed by atoms with Crippen LogP contribution >= 0.6 is 11.3 Å². The van der Waals surface area contributed by atoms with Crippen molar-refractivity contribution >= 4 is 40.9 Å². The van der Waals surface area contributed by atoms with Gasteiger partial charge < -0.3 is 9.47 Å². The molecular formula is C18H14N6O4S.